The number of fused-ring (bicyclic) bond motifs is 1. The summed E-state index contributed by atoms with van der Waals surface area (Å²) in [4.78, 5) is 12.3. The third-order valence-electron chi connectivity index (χ3n) is 4.80. The van der Waals surface area contributed by atoms with Crippen LogP contribution >= 0.6 is 0 Å². The van der Waals surface area contributed by atoms with Gasteiger partial charge in [0.25, 0.3) is 0 Å². The third kappa shape index (κ3) is 5.84. The van der Waals surface area contributed by atoms with Crippen LogP contribution in [0.2, 0.25) is 0 Å². The van der Waals surface area contributed by atoms with E-state index in [1.165, 1.54) is 6.07 Å². The largest absolute Gasteiger partial charge is 0.486 e. The van der Waals surface area contributed by atoms with E-state index in [4.69, 9.17) is 9.47 Å². The van der Waals surface area contributed by atoms with Gasteiger partial charge in [0.2, 0.25) is 15.9 Å². The number of anilines is 1. The van der Waals surface area contributed by atoms with E-state index in [9.17, 15) is 22.0 Å². The van der Waals surface area contributed by atoms with Crippen LogP contribution in [0.15, 0.2) is 36.4 Å². The van der Waals surface area contributed by atoms with Crippen molar-refractivity contribution in [2.24, 2.45) is 0 Å². The van der Waals surface area contributed by atoms with Crippen molar-refractivity contribution < 1.29 is 31.5 Å². The molecule has 168 valence electrons. The first-order valence-corrected chi connectivity index (χ1v) is 11.6. The van der Waals surface area contributed by atoms with Crippen molar-refractivity contribution in [2.75, 3.05) is 30.3 Å². The summed E-state index contributed by atoms with van der Waals surface area (Å²) in [6.45, 7) is 2.74. The van der Waals surface area contributed by atoms with Crippen LogP contribution in [0, 0.1) is 11.6 Å². The van der Waals surface area contributed by atoms with Gasteiger partial charge in [-0.25, -0.2) is 17.2 Å². The van der Waals surface area contributed by atoms with E-state index in [-0.39, 0.29) is 37.0 Å². The fourth-order valence-corrected chi connectivity index (χ4v) is 4.19. The highest BCUT2D eigenvalue weighted by atomic mass is 32.2. The van der Waals surface area contributed by atoms with Crippen LogP contribution in [0.25, 0.3) is 0 Å². The topological polar surface area (TPSA) is 84.9 Å². The Balaban J connectivity index is 1.57. The number of halogens is 2. The molecule has 0 bridgehead atoms. The molecular formula is C21H24F2N2O5S. The standard InChI is InChI=1S/C21H24F2N2O5S/c1-14(15-5-8-19-20(12-15)30-11-10-29-19)24-21(26)4-3-9-25(31(2,27)28)16-6-7-17(22)18(23)13-16/h5-8,12-14H,3-4,9-11H2,1-2H3,(H,24,26)/t14-/m1/s1. The number of nitrogens with zero attached hydrogens (tertiary/aromatic N) is 1. The number of benzene rings is 2. The summed E-state index contributed by atoms with van der Waals surface area (Å²) in [5.41, 5.74) is 0.851. The number of hydrogen-bond donors (Lipinski definition) is 1. The van der Waals surface area contributed by atoms with Gasteiger partial charge in [-0.05, 0) is 43.2 Å². The Morgan fingerprint density at radius 1 is 1.10 bits per heavy atom. The number of ether oxygens (including phenoxy) is 2. The zero-order valence-electron chi connectivity index (χ0n) is 17.2. The van der Waals surface area contributed by atoms with Crippen molar-refractivity contribution in [3.63, 3.8) is 0 Å². The predicted molar refractivity (Wildman–Crippen MR) is 112 cm³/mol. The molecule has 0 fully saturated rings. The van der Waals surface area contributed by atoms with Crippen LogP contribution < -0.4 is 19.1 Å². The Morgan fingerprint density at radius 3 is 2.48 bits per heavy atom. The predicted octanol–water partition coefficient (Wildman–Crippen LogP) is 3.16. The van der Waals surface area contributed by atoms with Gasteiger partial charge in [-0.3, -0.25) is 9.10 Å². The molecule has 1 amide bonds. The molecule has 0 unspecified atom stereocenters. The van der Waals surface area contributed by atoms with E-state index >= 15 is 0 Å². The fraction of sp³-hybridized carbons (Fsp3) is 0.381. The smallest absolute Gasteiger partial charge is 0.232 e. The van der Waals surface area contributed by atoms with E-state index in [1.807, 2.05) is 19.1 Å². The number of sulfonamides is 1. The van der Waals surface area contributed by atoms with Gasteiger partial charge in [-0.15, -0.1) is 0 Å². The minimum atomic E-state index is -3.73. The second-order valence-corrected chi connectivity index (χ2v) is 9.14. The maximum atomic E-state index is 13.5. The second-order valence-electron chi connectivity index (χ2n) is 7.23. The number of nitrogens with one attached hydrogen (secondary N) is 1. The molecule has 1 atom stereocenters. The highest BCUT2D eigenvalue weighted by Gasteiger charge is 2.20. The number of carbonyl (C=O) groups excluding carboxylic acids is 1. The Hall–Kier alpha value is -2.88. The molecule has 2 aromatic carbocycles. The lowest BCUT2D eigenvalue weighted by Gasteiger charge is -2.23. The number of amides is 1. The van der Waals surface area contributed by atoms with Crippen molar-refractivity contribution in [3.8, 4) is 11.5 Å². The molecule has 0 radical (unpaired) electrons. The summed E-state index contributed by atoms with van der Waals surface area (Å²) in [7, 11) is -3.73. The molecule has 1 aliphatic heterocycles. The molecular weight excluding hydrogens is 430 g/mol. The number of rotatable bonds is 8. The van der Waals surface area contributed by atoms with Gasteiger partial charge in [-0.1, -0.05) is 6.07 Å². The Kier molecular flexibility index (Phi) is 6.99. The first-order valence-electron chi connectivity index (χ1n) is 9.77. The first kappa shape index (κ1) is 22.8. The summed E-state index contributed by atoms with van der Waals surface area (Å²) in [6.07, 6.45) is 1.23. The van der Waals surface area contributed by atoms with E-state index in [2.05, 4.69) is 5.32 Å². The molecule has 0 spiro atoms. The van der Waals surface area contributed by atoms with Gasteiger partial charge >= 0.3 is 0 Å². The molecule has 0 aliphatic carbocycles. The van der Waals surface area contributed by atoms with Crippen molar-refractivity contribution in [1.29, 1.82) is 0 Å². The highest BCUT2D eigenvalue weighted by Crippen LogP contribution is 2.32. The average molecular weight is 454 g/mol. The van der Waals surface area contributed by atoms with E-state index < -0.39 is 21.7 Å². The second kappa shape index (κ2) is 9.51. The summed E-state index contributed by atoms with van der Waals surface area (Å²) >= 11 is 0. The Morgan fingerprint density at radius 2 is 1.81 bits per heavy atom. The van der Waals surface area contributed by atoms with Crippen LogP contribution in [0.1, 0.15) is 31.4 Å². The zero-order chi connectivity index (χ0) is 22.6. The van der Waals surface area contributed by atoms with Crippen molar-refractivity contribution in [2.45, 2.75) is 25.8 Å². The normalized spacial score (nSPS) is 14.1. The van der Waals surface area contributed by atoms with Crippen LogP contribution in [-0.2, 0) is 14.8 Å². The van der Waals surface area contributed by atoms with Gasteiger partial charge in [0.1, 0.15) is 13.2 Å². The number of carbonyl (C=O) groups is 1. The third-order valence-corrected chi connectivity index (χ3v) is 5.99. The average Bonchev–Trinajstić information content (AvgIpc) is 2.72. The quantitative estimate of drug-likeness (QED) is 0.662. The summed E-state index contributed by atoms with van der Waals surface area (Å²) in [5, 5.41) is 2.86. The molecule has 1 heterocycles. The van der Waals surface area contributed by atoms with Gasteiger partial charge < -0.3 is 14.8 Å². The molecule has 0 aromatic heterocycles. The molecule has 1 aliphatic rings. The SMILES string of the molecule is C[C@@H](NC(=O)CCCN(c1ccc(F)c(F)c1)S(C)(=O)=O)c1ccc2c(c1)OCCO2. The maximum Gasteiger partial charge on any atom is 0.232 e. The highest BCUT2D eigenvalue weighted by molar-refractivity contribution is 7.92. The lowest BCUT2D eigenvalue weighted by atomic mass is 10.1. The van der Waals surface area contributed by atoms with Crippen LogP contribution in [-0.4, -0.2) is 40.3 Å². The maximum absolute atomic E-state index is 13.5. The van der Waals surface area contributed by atoms with Crippen LogP contribution in [0.5, 0.6) is 11.5 Å². The zero-order valence-corrected chi connectivity index (χ0v) is 18.0. The molecule has 7 nitrogen and oxygen atoms in total. The lowest BCUT2D eigenvalue weighted by molar-refractivity contribution is -0.121. The van der Waals surface area contributed by atoms with Crippen molar-refractivity contribution >= 4 is 21.6 Å². The minimum Gasteiger partial charge on any atom is -0.486 e. The van der Waals surface area contributed by atoms with Gasteiger partial charge in [-0.2, -0.15) is 0 Å². The van der Waals surface area contributed by atoms with Crippen LogP contribution in [0.4, 0.5) is 14.5 Å². The van der Waals surface area contributed by atoms with E-state index in [1.54, 1.807) is 6.07 Å². The Labute approximate surface area is 180 Å². The molecule has 0 saturated heterocycles. The number of hydrogen-bond acceptors (Lipinski definition) is 5. The Bertz CT molecular complexity index is 1060. The van der Waals surface area contributed by atoms with Crippen molar-refractivity contribution in [3.05, 3.63) is 53.6 Å². The van der Waals surface area contributed by atoms with Crippen molar-refractivity contribution in [1.82, 2.24) is 5.32 Å². The molecule has 10 heteroatoms. The summed E-state index contributed by atoms with van der Waals surface area (Å²) in [5.74, 6) is -1.19. The summed E-state index contributed by atoms with van der Waals surface area (Å²) in [6, 6.07) is 8.02. The van der Waals surface area contributed by atoms with Gasteiger partial charge in [0.05, 0.1) is 18.0 Å². The fourth-order valence-electron chi connectivity index (χ4n) is 3.24. The molecule has 31 heavy (non-hydrogen) atoms. The summed E-state index contributed by atoms with van der Waals surface area (Å²) < 4.78 is 62.8. The first-order chi connectivity index (χ1) is 14.6. The molecule has 0 saturated carbocycles. The molecule has 1 N–H and O–H groups in total. The van der Waals surface area contributed by atoms with Crippen LogP contribution in [0.3, 0.4) is 0 Å². The molecule has 3 rings (SSSR count). The van der Waals surface area contributed by atoms with E-state index in [0.29, 0.717) is 24.7 Å². The monoisotopic (exact) mass is 454 g/mol. The van der Waals surface area contributed by atoms with E-state index in [0.717, 1.165) is 28.3 Å². The van der Waals surface area contributed by atoms with Gasteiger partial charge in [0, 0.05) is 19.0 Å². The van der Waals surface area contributed by atoms with Gasteiger partial charge in [0.15, 0.2) is 23.1 Å². The minimum absolute atomic E-state index is 0.00598. The molecule has 2 aromatic rings. The lowest BCUT2D eigenvalue weighted by Crippen LogP contribution is -2.32.